The van der Waals surface area contributed by atoms with Crippen LogP contribution in [0.25, 0.3) is 0 Å². The Hall–Kier alpha value is -3.22. The Morgan fingerprint density at radius 3 is 1.89 bits per heavy atom. The van der Waals surface area contributed by atoms with Crippen LogP contribution in [-0.2, 0) is 18.7 Å². The summed E-state index contributed by atoms with van der Waals surface area (Å²) < 4.78 is 18.6. The van der Waals surface area contributed by atoms with Crippen molar-refractivity contribution in [2.75, 3.05) is 13.2 Å². The van der Waals surface area contributed by atoms with E-state index in [1.165, 1.54) is 10.4 Å². The summed E-state index contributed by atoms with van der Waals surface area (Å²) in [7, 11) is -2.78. The number of carbonyl (C=O) groups excluding carboxylic acids is 1. The molecule has 0 aromatic heterocycles. The first-order valence-electron chi connectivity index (χ1n) is 12.1. The minimum Gasteiger partial charge on any atom is -0.469 e. The van der Waals surface area contributed by atoms with Crippen molar-refractivity contribution < 1.29 is 18.7 Å². The number of nitrogens with zero attached hydrogens (tertiary/aromatic N) is 1. The van der Waals surface area contributed by atoms with Gasteiger partial charge in [-0.25, -0.2) is 9.79 Å². The van der Waals surface area contributed by atoms with E-state index < -0.39 is 26.4 Å². The minimum absolute atomic E-state index is 0.184. The largest absolute Gasteiger partial charge is 0.469 e. The Kier molecular flexibility index (Phi) is 7.53. The van der Waals surface area contributed by atoms with Gasteiger partial charge in [0.1, 0.15) is 0 Å². The molecule has 0 spiro atoms. The van der Waals surface area contributed by atoms with Crippen molar-refractivity contribution in [1.82, 2.24) is 0 Å². The molecular formula is C29H33NO4Si. The summed E-state index contributed by atoms with van der Waals surface area (Å²) in [6.07, 6.45) is -0.578. The Morgan fingerprint density at radius 2 is 1.40 bits per heavy atom. The Morgan fingerprint density at radius 1 is 0.886 bits per heavy atom. The maximum Gasteiger partial charge on any atom is 0.335 e. The van der Waals surface area contributed by atoms with Crippen molar-refractivity contribution in [3.8, 4) is 0 Å². The van der Waals surface area contributed by atoms with Gasteiger partial charge in [-0.15, -0.1) is 0 Å². The van der Waals surface area contributed by atoms with Gasteiger partial charge in [-0.3, -0.25) is 0 Å². The maximum atomic E-state index is 12.8. The molecule has 0 amide bonds. The summed E-state index contributed by atoms with van der Waals surface area (Å²) in [4.78, 5) is 17.5. The standard InChI is InChI=1S/C29H33NO4Si/c1-5-32-28(31)26-25(34-27(30-26)22-15-9-6-10-16-22)21-33-35(29(2,3)4,23-17-11-7-12-18-23)24-19-13-8-14-20-24/h6-20,25-26H,5,21H2,1-4H3/t25-,26-/m1/s1. The van der Waals surface area contributed by atoms with E-state index in [-0.39, 0.29) is 18.3 Å². The molecule has 1 heterocycles. The molecule has 1 aliphatic rings. The summed E-state index contributed by atoms with van der Waals surface area (Å²) in [5.41, 5.74) is 0.828. The Labute approximate surface area is 208 Å². The molecule has 0 aliphatic carbocycles. The molecule has 3 aromatic rings. The summed E-state index contributed by atoms with van der Waals surface area (Å²) in [5, 5.41) is 2.17. The van der Waals surface area contributed by atoms with Crippen molar-refractivity contribution in [3.63, 3.8) is 0 Å². The molecule has 0 fully saturated rings. The highest BCUT2D eigenvalue weighted by Crippen LogP contribution is 2.37. The molecule has 0 saturated carbocycles. The maximum absolute atomic E-state index is 12.8. The second kappa shape index (κ2) is 10.6. The van der Waals surface area contributed by atoms with Crippen molar-refractivity contribution >= 4 is 30.6 Å². The molecule has 1 aliphatic heterocycles. The van der Waals surface area contributed by atoms with Crippen LogP contribution in [-0.4, -0.2) is 45.5 Å². The highest BCUT2D eigenvalue weighted by molar-refractivity contribution is 6.99. The lowest BCUT2D eigenvalue weighted by Crippen LogP contribution is -2.67. The highest BCUT2D eigenvalue weighted by atomic mass is 28.4. The normalized spacial score (nSPS) is 18.0. The van der Waals surface area contributed by atoms with Gasteiger partial charge < -0.3 is 13.9 Å². The van der Waals surface area contributed by atoms with E-state index in [9.17, 15) is 4.79 Å². The van der Waals surface area contributed by atoms with Gasteiger partial charge in [0.15, 0.2) is 12.1 Å². The van der Waals surface area contributed by atoms with E-state index >= 15 is 0 Å². The summed E-state index contributed by atoms with van der Waals surface area (Å²) in [5.74, 6) is 0.0502. The predicted octanol–water partition coefficient (Wildman–Crippen LogP) is 4.34. The highest BCUT2D eigenvalue weighted by Gasteiger charge is 2.51. The summed E-state index contributed by atoms with van der Waals surface area (Å²) >= 11 is 0. The summed E-state index contributed by atoms with van der Waals surface area (Å²) in [6, 6.07) is 29.7. The predicted molar refractivity (Wildman–Crippen MR) is 142 cm³/mol. The zero-order valence-corrected chi connectivity index (χ0v) is 21.8. The third kappa shape index (κ3) is 5.09. The number of esters is 1. The molecule has 0 saturated heterocycles. The van der Waals surface area contributed by atoms with Crippen LogP contribution in [0.15, 0.2) is 96.0 Å². The first kappa shape index (κ1) is 24.9. The van der Waals surface area contributed by atoms with Gasteiger partial charge in [-0.2, -0.15) is 0 Å². The number of hydrogen-bond acceptors (Lipinski definition) is 5. The zero-order chi connectivity index (χ0) is 24.9. The van der Waals surface area contributed by atoms with Crippen LogP contribution in [0.3, 0.4) is 0 Å². The fourth-order valence-corrected chi connectivity index (χ4v) is 9.27. The molecule has 4 rings (SSSR count). The second-order valence-corrected chi connectivity index (χ2v) is 13.9. The van der Waals surface area contributed by atoms with E-state index in [4.69, 9.17) is 13.9 Å². The smallest absolute Gasteiger partial charge is 0.335 e. The number of hydrogen-bond donors (Lipinski definition) is 0. The first-order chi connectivity index (χ1) is 16.9. The topological polar surface area (TPSA) is 57.1 Å². The minimum atomic E-state index is -2.78. The number of aliphatic imine (C=N–C) groups is 1. The molecule has 35 heavy (non-hydrogen) atoms. The number of ether oxygens (including phenoxy) is 2. The SMILES string of the molecule is CCOC(=O)[C@@H]1N=C(c2ccccc2)O[C@@H]1CO[Si](c1ccccc1)(c1ccccc1)C(C)(C)C. The average Bonchev–Trinajstić information content (AvgIpc) is 3.30. The Bertz CT molecular complexity index is 1100. The lowest BCUT2D eigenvalue weighted by Gasteiger charge is -2.43. The molecule has 6 heteroatoms. The van der Waals surface area contributed by atoms with Gasteiger partial charge in [0.2, 0.25) is 5.90 Å². The van der Waals surface area contributed by atoms with Gasteiger partial charge in [0.05, 0.1) is 13.2 Å². The van der Waals surface area contributed by atoms with Crippen LogP contribution in [0.4, 0.5) is 0 Å². The van der Waals surface area contributed by atoms with Crippen LogP contribution in [0, 0.1) is 0 Å². The van der Waals surface area contributed by atoms with E-state index in [1.807, 2.05) is 42.5 Å². The third-order valence-corrected chi connectivity index (χ3v) is 11.3. The van der Waals surface area contributed by atoms with Gasteiger partial charge in [-0.1, -0.05) is 99.6 Å². The quantitative estimate of drug-likeness (QED) is 0.350. The summed E-state index contributed by atoms with van der Waals surface area (Å²) in [6.45, 7) is 8.98. The number of rotatable bonds is 8. The van der Waals surface area contributed by atoms with E-state index in [0.29, 0.717) is 5.90 Å². The van der Waals surface area contributed by atoms with Gasteiger partial charge in [0, 0.05) is 5.56 Å². The van der Waals surface area contributed by atoms with Gasteiger partial charge >= 0.3 is 5.97 Å². The lowest BCUT2D eigenvalue weighted by atomic mass is 10.2. The zero-order valence-electron chi connectivity index (χ0n) is 20.8. The molecule has 5 nitrogen and oxygen atoms in total. The molecule has 3 aromatic carbocycles. The Balaban J connectivity index is 1.70. The fraction of sp³-hybridized carbons (Fsp3) is 0.310. The first-order valence-corrected chi connectivity index (χ1v) is 14.0. The van der Waals surface area contributed by atoms with E-state index in [1.54, 1.807) is 6.92 Å². The van der Waals surface area contributed by atoms with Crippen molar-refractivity contribution in [3.05, 3.63) is 96.6 Å². The molecule has 0 unspecified atom stereocenters. The third-order valence-electron chi connectivity index (χ3n) is 6.30. The van der Waals surface area contributed by atoms with E-state index in [0.717, 1.165) is 5.56 Å². The van der Waals surface area contributed by atoms with E-state index in [2.05, 4.69) is 74.3 Å². The number of benzene rings is 3. The monoisotopic (exact) mass is 487 g/mol. The van der Waals surface area contributed by atoms with Crippen LogP contribution in [0.5, 0.6) is 0 Å². The van der Waals surface area contributed by atoms with Gasteiger partial charge in [-0.05, 0) is 34.5 Å². The average molecular weight is 488 g/mol. The van der Waals surface area contributed by atoms with Crippen LogP contribution in [0.1, 0.15) is 33.3 Å². The molecule has 0 radical (unpaired) electrons. The molecule has 182 valence electrons. The molecule has 2 atom stereocenters. The van der Waals surface area contributed by atoms with Crippen molar-refractivity contribution in [2.24, 2.45) is 4.99 Å². The fourth-order valence-electron chi connectivity index (χ4n) is 4.70. The lowest BCUT2D eigenvalue weighted by molar-refractivity contribution is -0.146. The van der Waals surface area contributed by atoms with Crippen LogP contribution >= 0.6 is 0 Å². The molecule has 0 N–H and O–H groups in total. The number of carbonyl (C=O) groups is 1. The molecular weight excluding hydrogens is 454 g/mol. The van der Waals surface area contributed by atoms with Crippen LogP contribution < -0.4 is 10.4 Å². The van der Waals surface area contributed by atoms with Crippen molar-refractivity contribution in [2.45, 2.75) is 44.9 Å². The van der Waals surface area contributed by atoms with Crippen LogP contribution in [0.2, 0.25) is 5.04 Å². The molecule has 0 bridgehead atoms. The second-order valence-electron chi connectivity index (χ2n) is 9.63. The van der Waals surface area contributed by atoms with Crippen molar-refractivity contribution in [1.29, 1.82) is 0 Å². The van der Waals surface area contributed by atoms with Gasteiger partial charge in [0.25, 0.3) is 8.32 Å².